The van der Waals surface area contributed by atoms with Crippen LogP contribution >= 0.6 is 11.6 Å². The van der Waals surface area contributed by atoms with Crippen molar-refractivity contribution < 1.29 is 4.79 Å². The summed E-state index contributed by atoms with van der Waals surface area (Å²) in [4.78, 5) is 13.6. The summed E-state index contributed by atoms with van der Waals surface area (Å²) >= 11 is 5.97. The van der Waals surface area contributed by atoms with Crippen molar-refractivity contribution in [1.82, 2.24) is 9.78 Å². The molecule has 1 aromatic carbocycles. The van der Waals surface area contributed by atoms with E-state index in [1.165, 1.54) is 6.08 Å². The van der Waals surface area contributed by atoms with Crippen LogP contribution in [0.15, 0.2) is 23.2 Å². The molecule has 0 aliphatic rings. The zero-order valence-corrected chi connectivity index (χ0v) is 8.12. The lowest BCUT2D eigenvalue weighted by atomic mass is 10.2. The third-order valence-corrected chi connectivity index (χ3v) is 2.28. The summed E-state index contributed by atoms with van der Waals surface area (Å²) in [6, 6.07) is 5.41. The molecule has 14 heavy (non-hydrogen) atoms. The number of isocyanates is 1. The van der Waals surface area contributed by atoms with E-state index in [0.29, 0.717) is 16.2 Å². The molecule has 4 nitrogen and oxygen atoms in total. The molecule has 0 aliphatic carbocycles. The average Bonchev–Trinajstić information content (AvgIpc) is 2.46. The maximum Gasteiger partial charge on any atom is 0.242 e. The summed E-state index contributed by atoms with van der Waals surface area (Å²) in [5.74, 6) is 0.308. The van der Waals surface area contributed by atoms with Gasteiger partial charge in [0.25, 0.3) is 0 Å². The first-order valence-electron chi connectivity index (χ1n) is 3.93. The van der Waals surface area contributed by atoms with Crippen molar-refractivity contribution in [1.29, 1.82) is 0 Å². The van der Waals surface area contributed by atoms with E-state index in [1.54, 1.807) is 17.8 Å². The fourth-order valence-corrected chi connectivity index (χ4v) is 1.63. The molecule has 0 saturated heterocycles. The van der Waals surface area contributed by atoms with Crippen molar-refractivity contribution in [3.8, 4) is 0 Å². The fourth-order valence-electron chi connectivity index (χ4n) is 1.37. The van der Waals surface area contributed by atoms with Crippen molar-refractivity contribution >= 4 is 34.4 Å². The zero-order valence-electron chi connectivity index (χ0n) is 7.36. The van der Waals surface area contributed by atoms with Crippen LogP contribution in [-0.2, 0) is 11.8 Å². The van der Waals surface area contributed by atoms with Gasteiger partial charge in [-0.15, -0.1) is 4.99 Å². The Kier molecular flexibility index (Phi) is 2.08. The standard InChI is InChI=1S/C9H6ClN3O/c1-13-7-4-2-3-6(10)8(7)9(12-13)11-5-14/h2-4H,1H3. The predicted molar refractivity (Wildman–Crippen MR) is 53.5 cm³/mol. The van der Waals surface area contributed by atoms with Crippen molar-refractivity contribution in [3.05, 3.63) is 23.2 Å². The highest BCUT2D eigenvalue weighted by atomic mass is 35.5. The van der Waals surface area contributed by atoms with Crippen molar-refractivity contribution in [2.24, 2.45) is 12.0 Å². The van der Waals surface area contributed by atoms with E-state index in [0.717, 1.165) is 5.52 Å². The molecule has 0 unspecified atom stereocenters. The minimum atomic E-state index is 0.308. The molecule has 1 heterocycles. The van der Waals surface area contributed by atoms with Gasteiger partial charge in [0.15, 0.2) is 5.82 Å². The number of hydrogen-bond acceptors (Lipinski definition) is 3. The van der Waals surface area contributed by atoms with Gasteiger partial charge in [-0.25, -0.2) is 4.79 Å². The number of aryl methyl sites for hydroxylation is 1. The quantitative estimate of drug-likeness (QED) is 0.532. The van der Waals surface area contributed by atoms with Gasteiger partial charge in [-0.05, 0) is 12.1 Å². The van der Waals surface area contributed by atoms with E-state index in [4.69, 9.17) is 11.6 Å². The average molecular weight is 208 g/mol. The highest BCUT2D eigenvalue weighted by molar-refractivity contribution is 6.36. The molecule has 0 atom stereocenters. The van der Waals surface area contributed by atoms with Gasteiger partial charge in [-0.2, -0.15) is 5.10 Å². The number of hydrogen-bond donors (Lipinski definition) is 0. The number of halogens is 1. The number of aliphatic imine (C=N–C) groups is 1. The molecule has 1 aromatic heterocycles. The second-order valence-corrected chi connectivity index (χ2v) is 3.19. The van der Waals surface area contributed by atoms with Crippen LogP contribution in [0.4, 0.5) is 5.82 Å². The molecule has 0 bridgehead atoms. The van der Waals surface area contributed by atoms with Gasteiger partial charge in [0.1, 0.15) is 0 Å². The smallest absolute Gasteiger partial charge is 0.242 e. The Labute approximate surface area is 84.8 Å². The summed E-state index contributed by atoms with van der Waals surface area (Å²) < 4.78 is 1.62. The van der Waals surface area contributed by atoms with Crippen LogP contribution in [0.5, 0.6) is 0 Å². The van der Waals surface area contributed by atoms with E-state index in [-0.39, 0.29) is 0 Å². The Morgan fingerprint density at radius 2 is 2.36 bits per heavy atom. The van der Waals surface area contributed by atoms with Gasteiger partial charge in [0.05, 0.1) is 15.9 Å². The topological polar surface area (TPSA) is 47.2 Å². The minimum absolute atomic E-state index is 0.308. The van der Waals surface area contributed by atoms with Crippen molar-refractivity contribution in [2.45, 2.75) is 0 Å². The lowest BCUT2D eigenvalue weighted by Gasteiger charge is -1.93. The molecular formula is C9H6ClN3O. The third kappa shape index (κ3) is 1.21. The summed E-state index contributed by atoms with van der Waals surface area (Å²) in [7, 11) is 1.77. The molecule has 70 valence electrons. The number of carbonyl (C=O) groups excluding carboxylic acids is 1. The Balaban J connectivity index is 2.92. The molecule has 5 heteroatoms. The monoisotopic (exact) mass is 207 g/mol. The van der Waals surface area contributed by atoms with E-state index in [2.05, 4.69) is 10.1 Å². The Hall–Kier alpha value is -1.64. The molecule has 0 aliphatic heterocycles. The zero-order chi connectivity index (χ0) is 10.1. The SMILES string of the molecule is Cn1nc(N=C=O)c2c(Cl)cccc21. The van der Waals surface area contributed by atoms with Gasteiger partial charge in [0.2, 0.25) is 6.08 Å². The first kappa shape index (κ1) is 8.94. The summed E-state index contributed by atoms with van der Waals surface area (Å²) in [5.41, 5.74) is 0.839. The van der Waals surface area contributed by atoms with Gasteiger partial charge >= 0.3 is 0 Å². The lowest BCUT2D eigenvalue weighted by Crippen LogP contribution is -1.87. The van der Waals surface area contributed by atoms with Crippen LogP contribution in [0.25, 0.3) is 10.9 Å². The molecule has 2 aromatic rings. The molecule has 0 fully saturated rings. The van der Waals surface area contributed by atoms with Crippen LogP contribution in [0.1, 0.15) is 0 Å². The van der Waals surface area contributed by atoms with Crippen LogP contribution in [0.3, 0.4) is 0 Å². The highest BCUT2D eigenvalue weighted by Crippen LogP contribution is 2.30. The van der Waals surface area contributed by atoms with E-state index in [1.807, 2.05) is 12.1 Å². The van der Waals surface area contributed by atoms with Crippen LogP contribution in [0.2, 0.25) is 5.02 Å². The Bertz CT molecular complexity index is 540. The number of fused-ring (bicyclic) bond motifs is 1. The molecule has 0 amide bonds. The van der Waals surface area contributed by atoms with Crippen LogP contribution < -0.4 is 0 Å². The molecule has 0 N–H and O–H groups in total. The van der Waals surface area contributed by atoms with E-state index in [9.17, 15) is 4.79 Å². The van der Waals surface area contributed by atoms with E-state index >= 15 is 0 Å². The third-order valence-electron chi connectivity index (χ3n) is 1.96. The maximum atomic E-state index is 10.2. The summed E-state index contributed by atoms with van der Waals surface area (Å²) in [6.45, 7) is 0. The number of rotatable bonds is 1. The van der Waals surface area contributed by atoms with Gasteiger partial charge in [0, 0.05) is 7.05 Å². The summed E-state index contributed by atoms with van der Waals surface area (Å²) in [6.07, 6.45) is 1.46. The van der Waals surface area contributed by atoms with Gasteiger partial charge in [-0.1, -0.05) is 17.7 Å². The van der Waals surface area contributed by atoms with Crippen molar-refractivity contribution in [3.63, 3.8) is 0 Å². The lowest BCUT2D eigenvalue weighted by molar-refractivity contribution is 0.565. The summed E-state index contributed by atoms with van der Waals surface area (Å²) in [5, 5.41) is 5.26. The maximum absolute atomic E-state index is 10.2. The minimum Gasteiger partial charge on any atom is -0.266 e. The molecule has 0 radical (unpaired) electrons. The largest absolute Gasteiger partial charge is 0.266 e. The van der Waals surface area contributed by atoms with Crippen molar-refractivity contribution in [2.75, 3.05) is 0 Å². The van der Waals surface area contributed by atoms with Gasteiger partial charge in [-0.3, -0.25) is 4.68 Å². The number of nitrogens with zero attached hydrogens (tertiary/aromatic N) is 3. The molecule has 2 rings (SSSR count). The number of benzene rings is 1. The highest BCUT2D eigenvalue weighted by Gasteiger charge is 2.10. The predicted octanol–water partition coefficient (Wildman–Crippen LogP) is 2.19. The second-order valence-electron chi connectivity index (χ2n) is 2.78. The van der Waals surface area contributed by atoms with Crippen LogP contribution in [0, 0.1) is 0 Å². The number of aromatic nitrogens is 2. The van der Waals surface area contributed by atoms with Gasteiger partial charge < -0.3 is 0 Å². The Morgan fingerprint density at radius 3 is 3.07 bits per heavy atom. The first-order valence-corrected chi connectivity index (χ1v) is 4.31. The molecular weight excluding hydrogens is 202 g/mol. The molecule has 0 saturated carbocycles. The normalized spacial score (nSPS) is 10.1. The Morgan fingerprint density at radius 1 is 1.57 bits per heavy atom. The molecule has 0 spiro atoms. The van der Waals surface area contributed by atoms with Crippen LogP contribution in [-0.4, -0.2) is 15.9 Å². The first-order chi connectivity index (χ1) is 6.74. The fraction of sp³-hybridized carbons (Fsp3) is 0.111. The second kappa shape index (κ2) is 3.25. The van der Waals surface area contributed by atoms with E-state index < -0.39 is 0 Å².